The molecule has 0 fully saturated rings. The van der Waals surface area contributed by atoms with Crippen molar-refractivity contribution in [2.24, 2.45) is 0 Å². The second-order valence-electron chi connectivity index (χ2n) is 10.5. The molecule has 0 aliphatic carbocycles. The highest BCUT2D eigenvalue weighted by atomic mass is 127. The molecule has 2 heterocycles. The molecule has 5 rings (SSSR count). The van der Waals surface area contributed by atoms with Gasteiger partial charge in [-0.05, 0) is 51.0 Å². The van der Waals surface area contributed by atoms with E-state index < -0.39 is 8.32 Å². The number of pyridine rings is 1. The van der Waals surface area contributed by atoms with Crippen LogP contribution in [0.4, 0.5) is 0 Å². The van der Waals surface area contributed by atoms with Crippen LogP contribution in [-0.4, -0.2) is 27.5 Å². The molecule has 39 heavy (non-hydrogen) atoms. The summed E-state index contributed by atoms with van der Waals surface area (Å²) in [5, 5.41) is 8.11. The minimum absolute atomic E-state index is 0.128. The summed E-state index contributed by atoms with van der Waals surface area (Å²) in [6, 6.07) is 28.1. The quantitative estimate of drug-likeness (QED) is 0.194. The zero-order chi connectivity index (χ0) is 27.8. The Balaban J connectivity index is 1.64. The normalized spacial score (nSPS) is 12.2. The maximum Gasteiger partial charge on any atom is 0.366 e. The average molecular weight is 651 g/mol. The van der Waals surface area contributed by atoms with Crippen LogP contribution in [0.15, 0.2) is 101 Å². The summed E-state index contributed by atoms with van der Waals surface area (Å²) >= 11 is 2.18. The molecule has 0 atom stereocenters. The molecule has 0 radical (unpaired) electrons. The van der Waals surface area contributed by atoms with Crippen molar-refractivity contribution in [3.63, 3.8) is 0 Å². The first-order valence-corrected chi connectivity index (χ1v) is 15.9. The SMILES string of the molecule is CCn1c(CO[Si](c2ccccc2)(c2ccccc2)C(C)(C)C)nn(-n2cc(I)c3ccccc3c2=O)c1=O. The van der Waals surface area contributed by atoms with E-state index in [1.54, 1.807) is 16.8 Å². The maximum absolute atomic E-state index is 13.5. The number of halogens is 1. The van der Waals surface area contributed by atoms with E-state index in [9.17, 15) is 9.59 Å². The third kappa shape index (κ3) is 4.72. The van der Waals surface area contributed by atoms with Crippen molar-refractivity contribution in [3.05, 3.63) is 121 Å². The van der Waals surface area contributed by atoms with Gasteiger partial charge in [0.1, 0.15) is 0 Å². The van der Waals surface area contributed by atoms with E-state index in [1.165, 1.54) is 4.68 Å². The number of hydrogen-bond acceptors (Lipinski definition) is 4. The molecule has 0 saturated heterocycles. The zero-order valence-corrected chi connectivity index (χ0v) is 25.6. The monoisotopic (exact) mass is 650 g/mol. The number of fused-ring (bicyclic) bond motifs is 1. The minimum Gasteiger partial charge on any atom is -0.400 e. The van der Waals surface area contributed by atoms with E-state index in [4.69, 9.17) is 4.43 Å². The molecule has 0 amide bonds. The molecule has 5 aromatic rings. The Hall–Kier alpha value is -3.28. The minimum atomic E-state index is -2.85. The Kier molecular flexibility index (Phi) is 7.49. The van der Waals surface area contributed by atoms with Crippen molar-refractivity contribution in [1.82, 2.24) is 19.1 Å². The number of benzene rings is 3. The van der Waals surface area contributed by atoms with Crippen molar-refractivity contribution < 1.29 is 4.43 Å². The highest BCUT2D eigenvalue weighted by molar-refractivity contribution is 14.1. The van der Waals surface area contributed by atoms with Crippen LogP contribution in [-0.2, 0) is 17.6 Å². The standard InChI is InChI=1S/C30H31IN4O3Si/c1-5-33-27(32-35(29(33)37)34-20-26(31)24-18-12-13-19-25(24)28(34)36)21-38-39(30(2,3)4,22-14-8-6-9-15-22)23-16-10-7-11-17-23/h6-20H,5,21H2,1-4H3. The molecular formula is C30H31IN4O3Si. The van der Waals surface area contributed by atoms with E-state index in [-0.39, 0.29) is 22.9 Å². The Morgan fingerprint density at radius 1 is 0.846 bits per heavy atom. The van der Waals surface area contributed by atoms with Crippen molar-refractivity contribution in [1.29, 1.82) is 0 Å². The van der Waals surface area contributed by atoms with Crippen molar-refractivity contribution >= 4 is 52.1 Å². The van der Waals surface area contributed by atoms with Crippen LogP contribution in [0.3, 0.4) is 0 Å². The van der Waals surface area contributed by atoms with Crippen LogP contribution in [0.5, 0.6) is 0 Å². The van der Waals surface area contributed by atoms with Crippen molar-refractivity contribution in [2.45, 2.75) is 45.9 Å². The van der Waals surface area contributed by atoms with Crippen molar-refractivity contribution in [3.8, 4) is 0 Å². The fourth-order valence-electron chi connectivity index (χ4n) is 5.30. The molecule has 0 spiro atoms. The Morgan fingerprint density at radius 2 is 1.38 bits per heavy atom. The smallest absolute Gasteiger partial charge is 0.366 e. The zero-order valence-electron chi connectivity index (χ0n) is 22.5. The molecular weight excluding hydrogens is 619 g/mol. The molecule has 2 aromatic heterocycles. The first kappa shape index (κ1) is 27.3. The first-order valence-electron chi connectivity index (χ1n) is 12.9. The van der Waals surface area contributed by atoms with Gasteiger partial charge in [0, 0.05) is 21.7 Å². The van der Waals surface area contributed by atoms with Crippen LogP contribution < -0.4 is 21.6 Å². The van der Waals surface area contributed by atoms with Gasteiger partial charge in [0.25, 0.3) is 13.9 Å². The molecule has 0 bridgehead atoms. The predicted octanol–water partition coefficient (Wildman–Crippen LogP) is 4.37. The number of nitrogens with zero attached hydrogens (tertiary/aromatic N) is 4. The van der Waals surface area contributed by atoms with E-state index in [1.807, 2.05) is 61.5 Å². The molecule has 9 heteroatoms. The van der Waals surface area contributed by atoms with Crippen LogP contribution in [0.2, 0.25) is 5.04 Å². The fraction of sp³-hybridized carbons (Fsp3) is 0.233. The highest BCUT2D eigenvalue weighted by Crippen LogP contribution is 2.37. The predicted molar refractivity (Wildman–Crippen MR) is 166 cm³/mol. The fourth-order valence-corrected chi connectivity index (χ4v) is 10.5. The summed E-state index contributed by atoms with van der Waals surface area (Å²) in [4.78, 5) is 28.1. The average Bonchev–Trinajstić information content (AvgIpc) is 3.26. The van der Waals surface area contributed by atoms with E-state index in [2.05, 4.69) is 72.7 Å². The third-order valence-corrected chi connectivity index (χ3v) is 13.0. The second kappa shape index (κ2) is 10.7. The van der Waals surface area contributed by atoms with Gasteiger partial charge < -0.3 is 4.43 Å². The Bertz CT molecular complexity index is 1700. The first-order chi connectivity index (χ1) is 18.7. The molecule has 0 aliphatic heterocycles. The lowest BCUT2D eigenvalue weighted by Gasteiger charge is -2.42. The molecule has 200 valence electrons. The Morgan fingerprint density at radius 3 is 1.92 bits per heavy atom. The number of hydrogen-bond donors (Lipinski definition) is 0. The summed E-state index contributed by atoms with van der Waals surface area (Å²) in [5.74, 6) is 0.477. The Labute approximate surface area is 241 Å². The summed E-state index contributed by atoms with van der Waals surface area (Å²) in [5.41, 5.74) is -0.681. The molecule has 7 nitrogen and oxygen atoms in total. The molecule has 0 saturated carbocycles. The summed E-state index contributed by atoms with van der Waals surface area (Å²) in [6.07, 6.45) is 1.66. The number of aromatic nitrogens is 4. The van der Waals surface area contributed by atoms with Gasteiger partial charge in [0.15, 0.2) is 5.82 Å². The van der Waals surface area contributed by atoms with Gasteiger partial charge in [0.2, 0.25) is 0 Å². The van der Waals surface area contributed by atoms with Gasteiger partial charge >= 0.3 is 5.69 Å². The van der Waals surface area contributed by atoms with Crippen LogP contribution in [0.1, 0.15) is 33.5 Å². The van der Waals surface area contributed by atoms with E-state index in [0.29, 0.717) is 17.8 Å². The van der Waals surface area contributed by atoms with Gasteiger partial charge in [0.05, 0.1) is 12.0 Å². The van der Waals surface area contributed by atoms with Crippen LogP contribution in [0.25, 0.3) is 10.8 Å². The number of rotatable bonds is 7. The summed E-state index contributed by atoms with van der Waals surface area (Å²) < 4.78 is 10.8. The van der Waals surface area contributed by atoms with Crippen LogP contribution in [0, 0.1) is 3.57 Å². The summed E-state index contributed by atoms with van der Waals surface area (Å²) in [7, 11) is -2.85. The highest BCUT2D eigenvalue weighted by Gasteiger charge is 2.50. The lowest BCUT2D eigenvalue weighted by atomic mass is 10.2. The molecule has 0 aliphatic rings. The van der Waals surface area contributed by atoms with Gasteiger partial charge in [-0.1, -0.05) is 99.6 Å². The topological polar surface area (TPSA) is 71.0 Å². The maximum atomic E-state index is 13.5. The van der Waals surface area contributed by atoms with Gasteiger partial charge in [-0.15, -0.1) is 9.89 Å². The van der Waals surface area contributed by atoms with Crippen LogP contribution >= 0.6 is 22.6 Å². The third-order valence-electron chi connectivity index (χ3n) is 7.14. The summed E-state index contributed by atoms with van der Waals surface area (Å²) in [6.45, 7) is 9.05. The van der Waals surface area contributed by atoms with E-state index >= 15 is 0 Å². The van der Waals surface area contributed by atoms with Crippen molar-refractivity contribution in [2.75, 3.05) is 0 Å². The largest absolute Gasteiger partial charge is 0.400 e. The molecule has 0 N–H and O–H groups in total. The molecule has 3 aromatic carbocycles. The lowest BCUT2D eigenvalue weighted by molar-refractivity contribution is 0.269. The van der Waals surface area contributed by atoms with E-state index in [0.717, 1.165) is 24.1 Å². The lowest BCUT2D eigenvalue weighted by Crippen LogP contribution is -2.66. The van der Waals surface area contributed by atoms with Gasteiger partial charge in [-0.3, -0.25) is 9.36 Å². The second-order valence-corrected chi connectivity index (χ2v) is 15.9. The van der Waals surface area contributed by atoms with Gasteiger partial charge in [-0.25, -0.2) is 4.79 Å². The molecule has 0 unspecified atom stereocenters. The van der Waals surface area contributed by atoms with Gasteiger partial charge in [-0.2, -0.15) is 4.68 Å².